The Hall–Kier alpha value is -1.14. The van der Waals surface area contributed by atoms with Crippen molar-refractivity contribution >= 4 is 11.9 Å². The van der Waals surface area contributed by atoms with Crippen LogP contribution in [0.5, 0.6) is 0 Å². The summed E-state index contributed by atoms with van der Waals surface area (Å²) in [7, 11) is 0. The molecule has 0 amide bonds. The van der Waals surface area contributed by atoms with E-state index < -0.39 is 11.9 Å². The monoisotopic (exact) mass is 237 g/mol. The van der Waals surface area contributed by atoms with Gasteiger partial charge in [-0.3, -0.25) is 9.59 Å². The van der Waals surface area contributed by atoms with Crippen LogP contribution in [-0.4, -0.2) is 39.9 Å². The van der Waals surface area contributed by atoms with Gasteiger partial charge in [-0.2, -0.15) is 0 Å². The Bertz CT molecular complexity index is 155. The Kier molecular flexibility index (Phi) is 20.7. The minimum atomic E-state index is -0.745. The summed E-state index contributed by atoms with van der Waals surface area (Å²) < 4.78 is 0. The van der Waals surface area contributed by atoms with Crippen LogP contribution in [0.15, 0.2) is 0 Å². The zero-order valence-corrected chi connectivity index (χ0v) is 10.1. The number of rotatable bonds is 4. The van der Waals surface area contributed by atoms with E-state index in [-0.39, 0.29) is 18.9 Å². The molecule has 1 unspecified atom stereocenters. The fraction of sp³-hybridized carbons (Fsp3) is 0.800. The zero-order valence-electron chi connectivity index (χ0n) is 10.1. The second kappa shape index (κ2) is 16.3. The van der Waals surface area contributed by atoms with Crippen molar-refractivity contribution in [3.8, 4) is 0 Å². The molecule has 16 heavy (non-hydrogen) atoms. The van der Waals surface area contributed by atoms with Crippen LogP contribution in [0, 0.1) is 0 Å². The van der Waals surface area contributed by atoms with Gasteiger partial charge in [-0.15, -0.1) is 0 Å². The summed E-state index contributed by atoms with van der Waals surface area (Å²) in [6.45, 7) is 5.48. The summed E-state index contributed by atoms with van der Waals surface area (Å²) in [6.07, 6.45) is 0.918. The van der Waals surface area contributed by atoms with E-state index >= 15 is 0 Å². The van der Waals surface area contributed by atoms with Gasteiger partial charge in [-0.1, -0.05) is 20.8 Å². The summed E-state index contributed by atoms with van der Waals surface area (Å²) in [5.41, 5.74) is 5.03. The number of nitrogens with two attached hydrogens (primary N) is 1. The molecule has 0 radical (unpaired) electrons. The first-order valence-electron chi connectivity index (χ1n) is 5.17. The third-order valence-electron chi connectivity index (χ3n) is 1.35. The van der Waals surface area contributed by atoms with Gasteiger partial charge in [0.25, 0.3) is 0 Å². The van der Waals surface area contributed by atoms with Crippen molar-refractivity contribution in [3.05, 3.63) is 0 Å². The van der Waals surface area contributed by atoms with Gasteiger partial charge in [0.05, 0.1) is 6.10 Å². The third kappa shape index (κ3) is 38.4. The van der Waals surface area contributed by atoms with Crippen molar-refractivity contribution < 1.29 is 24.9 Å². The second-order valence-electron chi connectivity index (χ2n) is 2.79. The topological polar surface area (TPSA) is 121 Å². The fourth-order valence-corrected chi connectivity index (χ4v) is 0.167. The van der Waals surface area contributed by atoms with E-state index in [9.17, 15) is 9.59 Å². The highest BCUT2D eigenvalue weighted by Crippen LogP contribution is 1.81. The van der Waals surface area contributed by atoms with Crippen molar-refractivity contribution in [1.82, 2.24) is 0 Å². The van der Waals surface area contributed by atoms with Crippen LogP contribution in [0.3, 0.4) is 0 Å². The quantitative estimate of drug-likeness (QED) is 0.570. The standard InChI is InChI=1S/C4H11NO.2C3H6O2/c1-2-4(6)3-5;2*1-2-3(4)5/h4,6H,2-3,5H2,1H3;2*2H2,1H3,(H,4,5). The highest BCUT2D eigenvalue weighted by Gasteiger charge is 1.90. The molecule has 6 nitrogen and oxygen atoms in total. The lowest BCUT2D eigenvalue weighted by Crippen LogP contribution is -2.17. The SMILES string of the molecule is CCC(=O)O.CCC(=O)O.CCC(O)CN. The van der Waals surface area contributed by atoms with Gasteiger partial charge >= 0.3 is 11.9 Å². The molecule has 6 heteroatoms. The Morgan fingerprint density at radius 1 is 1.06 bits per heavy atom. The Morgan fingerprint density at radius 2 is 1.31 bits per heavy atom. The zero-order chi connectivity index (χ0) is 13.6. The van der Waals surface area contributed by atoms with Crippen molar-refractivity contribution in [2.75, 3.05) is 6.54 Å². The molecule has 0 aromatic carbocycles. The molecule has 1 atom stereocenters. The number of carboxylic acid groups (broad SMARTS) is 2. The molecule has 0 aromatic heterocycles. The van der Waals surface area contributed by atoms with Gasteiger partial charge in [-0.25, -0.2) is 0 Å². The summed E-state index contributed by atoms with van der Waals surface area (Å²) >= 11 is 0. The molecular formula is C10H23NO5. The normalized spacial score (nSPS) is 10.1. The van der Waals surface area contributed by atoms with Crippen LogP contribution >= 0.6 is 0 Å². The molecule has 0 aliphatic heterocycles. The maximum absolute atomic E-state index is 9.37. The molecule has 0 saturated heterocycles. The second-order valence-corrected chi connectivity index (χ2v) is 2.79. The van der Waals surface area contributed by atoms with E-state index in [4.69, 9.17) is 21.1 Å². The number of carbonyl (C=O) groups is 2. The Morgan fingerprint density at radius 3 is 1.31 bits per heavy atom. The van der Waals surface area contributed by atoms with Gasteiger partial charge in [0.2, 0.25) is 0 Å². The van der Waals surface area contributed by atoms with Crippen LogP contribution in [0.25, 0.3) is 0 Å². The molecule has 0 heterocycles. The molecule has 0 aliphatic carbocycles. The maximum Gasteiger partial charge on any atom is 0.303 e. The van der Waals surface area contributed by atoms with Crippen LogP contribution in [0.4, 0.5) is 0 Å². The van der Waals surface area contributed by atoms with Crippen LogP contribution < -0.4 is 5.73 Å². The molecule has 5 N–H and O–H groups in total. The highest BCUT2D eigenvalue weighted by molar-refractivity contribution is 5.66. The maximum atomic E-state index is 9.37. The van der Waals surface area contributed by atoms with Gasteiger partial charge in [-0.05, 0) is 6.42 Å². The number of hydrogen-bond donors (Lipinski definition) is 4. The van der Waals surface area contributed by atoms with Crippen molar-refractivity contribution in [1.29, 1.82) is 0 Å². The lowest BCUT2D eigenvalue weighted by Gasteiger charge is -1.98. The van der Waals surface area contributed by atoms with Gasteiger partial charge in [0.1, 0.15) is 0 Å². The third-order valence-corrected chi connectivity index (χ3v) is 1.35. The largest absolute Gasteiger partial charge is 0.481 e. The van der Waals surface area contributed by atoms with E-state index in [0.717, 1.165) is 6.42 Å². The van der Waals surface area contributed by atoms with Gasteiger partial charge in [0.15, 0.2) is 0 Å². The van der Waals surface area contributed by atoms with E-state index in [0.29, 0.717) is 6.54 Å². The average molecular weight is 237 g/mol. The number of aliphatic hydroxyl groups is 1. The molecule has 0 saturated carbocycles. The van der Waals surface area contributed by atoms with Crippen molar-refractivity contribution in [3.63, 3.8) is 0 Å². The molecular weight excluding hydrogens is 214 g/mol. The summed E-state index contributed by atoms with van der Waals surface area (Å²) in [5, 5.41) is 24.0. The van der Waals surface area contributed by atoms with E-state index in [2.05, 4.69) is 0 Å². The van der Waals surface area contributed by atoms with Crippen molar-refractivity contribution in [2.24, 2.45) is 5.73 Å². The lowest BCUT2D eigenvalue weighted by atomic mass is 10.3. The number of aliphatic carboxylic acids is 2. The van der Waals surface area contributed by atoms with Gasteiger partial charge < -0.3 is 21.1 Å². The molecule has 0 aliphatic rings. The smallest absolute Gasteiger partial charge is 0.303 e. The lowest BCUT2D eigenvalue weighted by molar-refractivity contribution is -0.137. The Labute approximate surface area is 96.1 Å². The molecule has 0 fully saturated rings. The van der Waals surface area contributed by atoms with E-state index in [1.165, 1.54) is 0 Å². The molecule has 0 bridgehead atoms. The predicted octanol–water partition coefficient (Wildman–Crippen LogP) is 0.678. The highest BCUT2D eigenvalue weighted by atomic mass is 16.4. The average Bonchev–Trinajstić information content (AvgIpc) is 2.29. The number of aliphatic hydroxyl groups excluding tert-OH is 1. The van der Waals surface area contributed by atoms with Crippen molar-refractivity contribution in [2.45, 2.75) is 46.1 Å². The number of hydrogen-bond acceptors (Lipinski definition) is 4. The summed E-state index contributed by atoms with van der Waals surface area (Å²) in [6, 6.07) is 0. The van der Waals surface area contributed by atoms with E-state index in [1.54, 1.807) is 13.8 Å². The minimum Gasteiger partial charge on any atom is -0.481 e. The first kappa shape index (κ1) is 20.3. The first-order chi connectivity index (χ1) is 7.35. The fourth-order valence-electron chi connectivity index (χ4n) is 0.167. The molecule has 0 rings (SSSR count). The summed E-state index contributed by atoms with van der Waals surface area (Å²) in [5.74, 6) is -1.49. The molecule has 0 spiro atoms. The van der Waals surface area contributed by atoms with Gasteiger partial charge in [0, 0.05) is 19.4 Å². The summed E-state index contributed by atoms with van der Waals surface area (Å²) in [4.78, 5) is 18.7. The molecule has 98 valence electrons. The van der Waals surface area contributed by atoms with Crippen LogP contribution in [-0.2, 0) is 9.59 Å². The van der Waals surface area contributed by atoms with E-state index in [1.807, 2.05) is 6.92 Å². The van der Waals surface area contributed by atoms with Crippen LogP contribution in [0.2, 0.25) is 0 Å². The molecule has 0 aromatic rings. The predicted molar refractivity (Wildman–Crippen MR) is 61.2 cm³/mol. The minimum absolute atomic E-state index is 0.222. The first-order valence-corrected chi connectivity index (χ1v) is 5.17. The Balaban J connectivity index is -0.000000160. The number of carboxylic acids is 2. The van der Waals surface area contributed by atoms with Crippen LogP contribution in [0.1, 0.15) is 40.0 Å².